The van der Waals surface area contributed by atoms with Gasteiger partial charge >= 0.3 is 5.97 Å². The number of esters is 1. The summed E-state index contributed by atoms with van der Waals surface area (Å²) in [5.41, 5.74) is 1.18. The molecule has 1 unspecified atom stereocenters. The monoisotopic (exact) mass is 354 g/mol. The minimum atomic E-state index is -3.08. The molecule has 0 radical (unpaired) electrons. The molecule has 1 saturated heterocycles. The lowest BCUT2D eigenvalue weighted by atomic mass is 10.2. The zero-order chi connectivity index (χ0) is 16.4. The molecule has 0 amide bonds. The van der Waals surface area contributed by atoms with Crippen molar-refractivity contribution in [3.63, 3.8) is 0 Å². The Bertz CT molecular complexity index is 832. The molecule has 1 aliphatic rings. The predicted octanol–water partition coefficient (Wildman–Crippen LogP) is 1.93. The molecule has 23 heavy (non-hydrogen) atoms. The van der Waals surface area contributed by atoms with Gasteiger partial charge in [-0.1, -0.05) is 29.8 Å². The van der Waals surface area contributed by atoms with Crippen LogP contribution in [0.5, 0.6) is 0 Å². The molecule has 2 heterocycles. The summed E-state index contributed by atoms with van der Waals surface area (Å²) in [6, 6.07) is 7.38. The van der Waals surface area contributed by atoms with Gasteiger partial charge in [0, 0.05) is 11.2 Å². The number of benzene rings is 1. The van der Waals surface area contributed by atoms with Crippen LogP contribution in [0.2, 0.25) is 5.02 Å². The number of halogens is 1. The van der Waals surface area contributed by atoms with Gasteiger partial charge in [-0.2, -0.15) is 5.10 Å². The molecule has 1 aliphatic heterocycles. The van der Waals surface area contributed by atoms with E-state index >= 15 is 0 Å². The topological polar surface area (TPSA) is 78.3 Å². The van der Waals surface area contributed by atoms with E-state index in [-0.39, 0.29) is 11.5 Å². The van der Waals surface area contributed by atoms with Crippen molar-refractivity contribution in [3.05, 3.63) is 52.8 Å². The van der Waals surface area contributed by atoms with Gasteiger partial charge in [0.1, 0.15) is 6.10 Å². The Morgan fingerprint density at radius 1 is 1.39 bits per heavy atom. The van der Waals surface area contributed by atoms with Crippen LogP contribution >= 0.6 is 11.6 Å². The maximum atomic E-state index is 12.0. The maximum Gasteiger partial charge on any atom is 0.341 e. The zero-order valence-electron chi connectivity index (χ0n) is 12.2. The van der Waals surface area contributed by atoms with Crippen LogP contribution in [0.25, 0.3) is 0 Å². The van der Waals surface area contributed by atoms with Gasteiger partial charge in [-0.15, -0.1) is 0 Å². The van der Waals surface area contributed by atoms with Crippen LogP contribution in [0.4, 0.5) is 0 Å². The summed E-state index contributed by atoms with van der Waals surface area (Å²) in [6.45, 7) is 0.435. The standard InChI is InChI=1S/C15H15ClN2O4S/c16-14-4-2-1-3-11(14)8-18-9-12(7-17-18)15(19)22-13-5-6-23(20,21)10-13/h1-4,7,9,13H,5-6,8,10H2. The molecule has 8 heteroatoms. The van der Waals surface area contributed by atoms with Gasteiger partial charge in [-0.25, -0.2) is 13.2 Å². The Morgan fingerprint density at radius 2 is 2.17 bits per heavy atom. The van der Waals surface area contributed by atoms with E-state index in [4.69, 9.17) is 16.3 Å². The second-order valence-electron chi connectivity index (χ2n) is 5.45. The van der Waals surface area contributed by atoms with Crippen LogP contribution in [0.1, 0.15) is 22.3 Å². The summed E-state index contributed by atoms with van der Waals surface area (Å²) in [5, 5.41) is 4.74. The number of rotatable bonds is 4. The van der Waals surface area contributed by atoms with Crippen molar-refractivity contribution >= 4 is 27.4 Å². The van der Waals surface area contributed by atoms with Gasteiger partial charge in [0.15, 0.2) is 9.84 Å². The Morgan fingerprint density at radius 3 is 2.87 bits per heavy atom. The first-order chi connectivity index (χ1) is 10.9. The van der Waals surface area contributed by atoms with Crippen LogP contribution in [0.15, 0.2) is 36.7 Å². The SMILES string of the molecule is O=C(OC1CCS(=O)(=O)C1)c1cnn(Cc2ccccc2Cl)c1. The molecule has 0 saturated carbocycles. The fourth-order valence-corrected chi connectivity index (χ4v) is 4.22. The van der Waals surface area contributed by atoms with Crippen LogP contribution in [-0.2, 0) is 21.1 Å². The first-order valence-electron chi connectivity index (χ1n) is 7.10. The van der Waals surface area contributed by atoms with Crippen molar-refractivity contribution in [2.75, 3.05) is 11.5 Å². The third-order valence-electron chi connectivity index (χ3n) is 3.62. The highest BCUT2D eigenvalue weighted by Gasteiger charge is 2.31. The fourth-order valence-electron chi connectivity index (χ4n) is 2.43. The maximum absolute atomic E-state index is 12.0. The number of hydrogen-bond donors (Lipinski definition) is 0. The molecular weight excluding hydrogens is 340 g/mol. The second-order valence-corrected chi connectivity index (χ2v) is 8.08. The molecule has 122 valence electrons. The van der Waals surface area contributed by atoms with Gasteiger partial charge in [0.2, 0.25) is 0 Å². The van der Waals surface area contributed by atoms with Gasteiger partial charge in [0.05, 0.1) is 29.8 Å². The Balaban J connectivity index is 1.65. The van der Waals surface area contributed by atoms with Crippen LogP contribution in [0, 0.1) is 0 Å². The number of carbonyl (C=O) groups is 1. The Kier molecular flexibility index (Phi) is 4.41. The average Bonchev–Trinajstić information content (AvgIpc) is 3.08. The summed E-state index contributed by atoms with van der Waals surface area (Å²) < 4.78 is 29.6. The summed E-state index contributed by atoms with van der Waals surface area (Å²) in [7, 11) is -3.08. The van der Waals surface area contributed by atoms with Crippen molar-refractivity contribution < 1.29 is 17.9 Å². The molecule has 1 atom stereocenters. The van der Waals surface area contributed by atoms with Crippen LogP contribution in [0.3, 0.4) is 0 Å². The lowest BCUT2D eigenvalue weighted by Gasteiger charge is -2.08. The third-order valence-corrected chi connectivity index (χ3v) is 5.73. The first kappa shape index (κ1) is 16.0. The van der Waals surface area contributed by atoms with Crippen molar-refractivity contribution in [3.8, 4) is 0 Å². The van der Waals surface area contributed by atoms with Gasteiger partial charge in [-0.05, 0) is 18.1 Å². The predicted molar refractivity (Wildman–Crippen MR) is 85.3 cm³/mol. The largest absolute Gasteiger partial charge is 0.458 e. The molecule has 6 nitrogen and oxygen atoms in total. The number of sulfone groups is 1. The number of aromatic nitrogens is 2. The van der Waals surface area contributed by atoms with E-state index in [1.165, 1.54) is 6.20 Å². The molecule has 0 bridgehead atoms. The first-order valence-corrected chi connectivity index (χ1v) is 9.30. The summed E-state index contributed by atoms with van der Waals surface area (Å²) in [5.74, 6) is -0.596. The minimum Gasteiger partial charge on any atom is -0.458 e. The van der Waals surface area contributed by atoms with E-state index in [1.54, 1.807) is 16.9 Å². The molecule has 0 aliphatic carbocycles. The smallest absolute Gasteiger partial charge is 0.341 e. The number of nitrogens with zero attached hydrogens (tertiary/aromatic N) is 2. The van der Waals surface area contributed by atoms with E-state index in [0.29, 0.717) is 23.6 Å². The Hall–Kier alpha value is -1.86. The average molecular weight is 355 g/mol. The van der Waals surface area contributed by atoms with Crippen LogP contribution in [-0.4, -0.2) is 41.8 Å². The zero-order valence-corrected chi connectivity index (χ0v) is 13.8. The molecule has 1 aromatic heterocycles. The number of carbonyl (C=O) groups excluding carboxylic acids is 1. The summed E-state index contributed by atoms with van der Waals surface area (Å²) >= 11 is 6.09. The highest BCUT2D eigenvalue weighted by atomic mass is 35.5. The van der Waals surface area contributed by atoms with Gasteiger partial charge < -0.3 is 4.74 Å². The highest BCUT2D eigenvalue weighted by Crippen LogP contribution is 2.18. The molecular formula is C15H15ClN2O4S. The van der Waals surface area contributed by atoms with E-state index in [9.17, 15) is 13.2 Å². The molecule has 0 spiro atoms. The quantitative estimate of drug-likeness (QED) is 0.784. The molecule has 1 fully saturated rings. The number of hydrogen-bond acceptors (Lipinski definition) is 5. The second kappa shape index (κ2) is 6.33. The van der Waals surface area contributed by atoms with Gasteiger partial charge in [0.25, 0.3) is 0 Å². The summed E-state index contributed by atoms with van der Waals surface area (Å²) in [4.78, 5) is 12.0. The van der Waals surface area contributed by atoms with E-state index in [1.807, 2.05) is 18.2 Å². The van der Waals surface area contributed by atoms with Crippen molar-refractivity contribution in [1.29, 1.82) is 0 Å². The third kappa shape index (κ3) is 3.92. The van der Waals surface area contributed by atoms with Crippen molar-refractivity contribution in [1.82, 2.24) is 9.78 Å². The molecule has 3 rings (SSSR count). The van der Waals surface area contributed by atoms with Crippen molar-refractivity contribution in [2.24, 2.45) is 0 Å². The number of ether oxygens (including phenoxy) is 1. The Labute approximate surface area is 138 Å². The lowest BCUT2D eigenvalue weighted by Crippen LogP contribution is -2.19. The lowest BCUT2D eigenvalue weighted by molar-refractivity contribution is 0.0356. The van der Waals surface area contributed by atoms with E-state index in [2.05, 4.69) is 5.10 Å². The fraction of sp³-hybridized carbons (Fsp3) is 0.333. The minimum absolute atomic E-state index is 0.0662. The van der Waals surface area contributed by atoms with Crippen molar-refractivity contribution in [2.45, 2.75) is 19.1 Å². The molecule has 2 aromatic rings. The summed E-state index contributed by atoms with van der Waals surface area (Å²) in [6.07, 6.45) is 2.75. The van der Waals surface area contributed by atoms with E-state index in [0.717, 1.165) is 5.56 Å². The van der Waals surface area contributed by atoms with Crippen LogP contribution < -0.4 is 0 Å². The van der Waals surface area contributed by atoms with E-state index < -0.39 is 21.9 Å². The molecule has 1 aromatic carbocycles. The van der Waals surface area contributed by atoms with Gasteiger partial charge in [-0.3, -0.25) is 4.68 Å². The normalized spacial score (nSPS) is 19.6. The molecule has 0 N–H and O–H groups in total. The highest BCUT2D eigenvalue weighted by molar-refractivity contribution is 7.91.